The highest BCUT2D eigenvalue weighted by Crippen LogP contribution is 2.40. The molecule has 2 heterocycles. The molecule has 1 aromatic heterocycles. The summed E-state index contributed by atoms with van der Waals surface area (Å²) >= 11 is 0. The summed E-state index contributed by atoms with van der Waals surface area (Å²) in [5.41, 5.74) is -1.06. The topological polar surface area (TPSA) is 101 Å². The van der Waals surface area contributed by atoms with Gasteiger partial charge in [-0.05, 0) is 56.5 Å². The second-order valence-corrected chi connectivity index (χ2v) is 13.0. The van der Waals surface area contributed by atoms with Crippen molar-refractivity contribution < 1.29 is 34.8 Å². The molecule has 0 unspecified atom stereocenters. The average molecular weight is 521 g/mol. The van der Waals surface area contributed by atoms with E-state index in [1.807, 2.05) is 0 Å². The fraction of sp³-hybridized carbons (Fsp3) is 0.455. The molecule has 0 spiro atoms. The van der Waals surface area contributed by atoms with Gasteiger partial charge in [-0.2, -0.15) is 13.2 Å². The quantitative estimate of drug-likeness (QED) is 0.588. The predicted molar refractivity (Wildman–Crippen MR) is 122 cm³/mol. The van der Waals surface area contributed by atoms with E-state index >= 15 is 0 Å². The van der Waals surface area contributed by atoms with Crippen LogP contribution in [0.3, 0.4) is 0 Å². The Balaban J connectivity index is 0.00000408. The Labute approximate surface area is 197 Å². The van der Waals surface area contributed by atoms with Crippen LogP contribution in [-0.2, 0) is 30.6 Å². The summed E-state index contributed by atoms with van der Waals surface area (Å²) in [6, 6.07) is 6.32. The van der Waals surface area contributed by atoms with Crippen molar-refractivity contribution >= 4 is 31.4 Å². The maximum absolute atomic E-state index is 13.3. The zero-order valence-corrected chi connectivity index (χ0v) is 19.8. The van der Waals surface area contributed by atoms with Gasteiger partial charge in [0.1, 0.15) is 5.82 Å². The van der Waals surface area contributed by atoms with Crippen LogP contribution < -0.4 is 4.90 Å². The molecule has 1 aromatic carbocycles. The number of hydrogen-bond acceptors (Lipinski definition) is 6. The van der Waals surface area contributed by atoms with Crippen LogP contribution in [-0.4, -0.2) is 45.3 Å². The first kappa shape index (κ1) is 27.8. The summed E-state index contributed by atoms with van der Waals surface area (Å²) in [4.78, 5) is 17.7. The summed E-state index contributed by atoms with van der Waals surface area (Å²) in [5.74, 6) is -0.807. The second kappa shape index (κ2) is 9.29. The molecule has 3 rings (SSSR count). The summed E-state index contributed by atoms with van der Waals surface area (Å²) in [6.07, 6.45) is -2.39. The monoisotopic (exact) mass is 520 g/mol. The Kier molecular flexibility index (Phi) is 7.59. The number of amides is 1. The number of nitrogens with zero attached hydrogens (tertiary/aromatic N) is 2. The van der Waals surface area contributed by atoms with Gasteiger partial charge >= 0.3 is 6.18 Å². The molecule has 0 aliphatic carbocycles. The lowest BCUT2D eigenvalue weighted by Crippen LogP contribution is -2.48. The van der Waals surface area contributed by atoms with Crippen LogP contribution in [0.15, 0.2) is 52.4 Å². The number of hydrogen-bond donors (Lipinski definition) is 0. The van der Waals surface area contributed by atoms with Crippen LogP contribution in [0.2, 0.25) is 0 Å². The number of carbonyl (C=O) groups excluding carboxylic acids is 1. The number of rotatable bonds is 5. The number of carbonyl (C=O) groups is 1. The molecule has 0 N–H and O–H groups in total. The van der Waals surface area contributed by atoms with Crippen molar-refractivity contribution in [2.45, 2.75) is 54.8 Å². The molecule has 188 valence electrons. The Morgan fingerprint density at radius 2 is 1.68 bits per heavy atom. The number of halogens is 3. The molecule has 34 heavy (non-hydrogen) atoms. The van der Waals surface area contributed by atoms with E-state index < -0.39 is 52.9 Å². The van der Waals surface area contributed by atoms with E-state index in [4.69, 9.17) is 0 Å². The largest absolute Gasteiger partial charge is 0.416 e. The number of alkyl halides is 3. The third-order valence-corrected chi connectivity index (χ3v) is 9.69. The molecule has 1 atom stereocenters. The summed E-state index contributed by atoms with van der Waals surface area (Å²) in [6.45, 7) is 2.96. The fourth-order valence-corrected chi connectivity index (χ4v) is 6.13. The van der Waals surface area contributed by atoms with Gasteiger partial charge in [-0.3, -0.25) is 9.69 Å². The molecule has 1 amide bonds. The standard InChI is InChI=1S/C21H23F3N2O5S2.CH4/c1-20(2,33(30,31)16-6-4-5-15(11-16)21(22,23)24)14-9-10-26(19(27)12-14)18-8-7-17(13-25-18)32(3,28)29;/h4-8,11,13-14H,9-10,12H2,1-3H3;1H4/t14-;/m1./s1. The minimum absolute atomic E-state index is 0. The third kappa shape index (κ3) is 5.27. The molecule has 1 fully saturated rings. The third-order valence-electron chi connectivity index (χ3n) is 6.00. The molecule has 1 aliphatic heterocycles. The number of aromatic nitrogens is 1. The molecule has 0 radical (unpaired) electrons. The van der Waals surface area contributed by atoms with Crippen LogP contribution in [0.5, 0.6) is 0 Å². The first-order valence-electron chi connectivity index (χ1n) is 9.93. The second-order valence-electron chi connectivity index (χ2n) is 8.49. The summed E-state index contributed by atoms with van der Waals surface area (Å²) in [7, 11) is -7.65. The Morgan fingerprint density at radius 3 is 2.18 bits per heavy atom. The Morgan fingerprint density at radius 1 is 1.03 bits per heavy atom. The normalized spacial score (nSPS) is 17.9. The van der Waals surface area contributed by atoms with Gasteiger partial charge in [-0.1, -0.05) is 13.5 Å². The summed E-state index contributed by atoms with van der Waals surface area (Å²) < 4.78 is 87.4. The van der Waals surface area contributed by atoms with E-state index in [0.29, 0.717) is 6.07 Å². The molecular weight excluding hydrogens is 493 g/mol. The molecule has 7 nitrogen and oxygen atoms in total. The number of piperidine rings is 1. The Bertz CT molecular complexity index is 1270. The first-order valence-corrected chi connectivity index (χ1v) is 13.3. The van der Waals surface area contributed by atoms with Crippen LogP contribution >= 0.6 is 0 Å². The number of anilines is 1. The lowest BCUT2D eigenvalue weighted by Gasteiger charge is -2.39. The van der Waals surface area contributed by atoms with Crippen molar-refractivity contribution in [3.63, 3.8) is 0 Å². The van der Waals surface area contributed by atoms with E-state index in [2.05, 4.69) is 4.98 Å². The van der Waals surface area contributed by atoms with Crippen molar-refractivity contribution in [3.8, 4) is 0 Å². The van der Waals surface area contributed by atoms with Crippen LogP contribution in [0, 0.1) is 5.92 Å². The van der Waals surface area contributed by atoms with Crippen LogP contribution in [0.1, 0.15) is 39.7 Å². The average Bonchev–Trinajstić information content (AvgIpc) is 2.72. The van der Waals surface area contributed by atoms with Crippen LogP contribution in [0.4, 0.5) is 19.0 Å². The highest BCUT2D eigenvalue weighted by molar-refractivity contribution is 7.92. The van der Waals surface area contributed by atoms with E-state index in [1.165, 1.54) is 30.9 Å². The molecular formula is C22H27F3N2O5S2. The molecule has 12 heteroatoms. The fourth-order valence-electron chi connectivity index (χ4n) is 3.78. The molecule has 2 aromatic rings. The highest BCUT2D eigenvalue weighted by Gasteiger charge is 2.46. The zero-order valence-electron chi connectivity index (χ0n) is 18.1. The predicted octanol–water partition coefficient (Wildman–Crippen LogP) is 4.14. The van der Waals surface area contributed by atoms with E-state index in [9.17, 15) is 34.8 Å². The van der Waals surface area contributed by atoms with Gasteiger partial charge in [0.2, 0.25) is 5.91 Å². The SMILES string of the molecule is C.CC(C)([C@@H]1CCN(c2ccc(S(C)(=O)=O)cn2)C(=O)C1)S(=O)(=O)c1cccc(C(F)(F)F)c1. The minimum Gasteiger partial charge on any atom is -0.297 e. The van der Waals surface area contributed by atoms with Crippen molar-refractivity contribution in [1.82, 2.24) is 4.98 Å². The van der Waals surface area contributed by atoms with Crippen LogP contribution in [0.25, 0.3) is 0 Å². The smallest absolute Gasteiger partial charge is 0.297 e. The van der Waals surface area contributed by atoms with Gasteiger partial charge in [0.05, 0.1) is 20.1 Å². The minimum atomic E-state index is -4.68. The Hall–Kier alpha value is -2.47. The van der Waals surface area contributed by atoms with Gasteiger partial charge in [0, 0.05) is 25.4 Å². The molecule has 0 saturated carbocycles. The lowest BCUT2D eigenvalue weighted by molar-refractivity contribution is -0.137. The van der Waals surface area contributed by atoms with Crippen molar-refractivity contribution in [3.05, 3.63) is 48.2 Å². The van der Waals surface area contributed by atoms with Gasteiger partial charge in [0.25, 0.3) is 0 Å². The van der Waals surface area contributed by atoms with Crippen molar-refractivity contribution in [2.75, 3.05) is 17.7 Å². The van der Waals surface area contributed by atoms with Gasteiger partial charge in [-0.25, -0.2) is 21.8 Å². The number of sulfone groups is 2. The van der Waals surface area contributed by atoms with Gasteiger partial charge in [-0.15, -0.1) is 0 Å². The lowest BCUT2D eigenvalue weighted by atomic mass is 9.85. The molecule has 1 aliphatic rings. The van der Waals surface area contributed by atoms with E-state index in [-0.39, 0.29) is 37.5 Å². The maximum Gasteiger partial charge on any atom is 0.416 e. The number of benzene rings is 1. The highest BCUT2D eigenvalue weighted by atomic mass is 32.2. The summed E-state index contributed by atoms with van der Waals surface area (Å²) in [5, 5.41) is 0. The first-order chi connectivity index (χ1) is 15.0. The van der Waals surface area contributed by atoms with Crippen molar-refractivity contribution in [2.24, 2.45) is 5.92 Å². The van der Waals surface area contributed by atoms with Crippen molar-refractivity contribution in [1.29, 1.82) is 0 Å². The van der Waals surface area contributed by atoms with E-state index in [1.54, 1.807) is 0 Å². The van der Waals surface area contributed by atoms with Gasteiger partial charge < -0.3 is 0 Å². The zero-order chi connectivity index (χ0) is 24.8. The maximum atomic E-state index is 13.3. The van der Waals surface area contributed by atoms with Gasteiger partial charge in [0.15, 0.2) is 19.7 Å². The molecule has 0 bridgehead atoms. The molecule has 1 saturated heterocycles. The number of pyridine rings is 1. The van der Waals surface area contributed by atoms with E-state index in [0.717, 1.165) is 30.7 Å².